The molecule has 3 rings (SSSR count). The minimum atomic E-state index is 0. The van der Waals surface area contributed by atoms with Gasteiger partial charge in [-0.3, -0.25) is 4.68 Å². The molecule has 1 aliphatic carbocycles. The number of hydrogen-bond acceptors (Lipinski definition) is 2. The lowest BCUT2D eigenvalue weighted by Crippen LogP contribution is -2.22. The summed E-state index contributed by atoms with van der Waals surface area (Å²) in [5.74, 6) is 0.445. The lowest BCUT2D eigenvalue weighted by molar-refractivity contribution is 0.730. The van der Waals surface area contributed by atoms with Crippen molar-refractivity contribution in [3.8, 4) is 0 Å². The molecule has 23 heavy (non-hydrogen) atoms. The number of guanidine groups is 1. The van der Waals surface area contributed by atoms with Gasteiger partial charge >= 0.3 is 0 Å². The number of hydrogen-bond donors (Lipinski definition) is 2. The van der Waals surface area contributed by atoms with E-state index in [1.807, 2.05) is 18.7 Å². The Labute approximate surface area is 154 Å². The van der Waals surface area contributed by atoms with Gasteiger partial charge in [-0.15, -0.1) is 24.0 Å². The van der Waals surface area contributed by atoms with Gasteiger partial charge in [0.2, 0.25) is 0 Å². The number of halogens is 1. The molecule has 0 saturated carbocycles. The number of rotatable bonds is 3. The predicted octanol–water partition coefficient (Wildman–Crippen LogP) is 3.07. The van der Waals surface area contributed by atoms with E-state index in [1.54, 1.807) is 0 Å². The fourth-order valence-corrected chi connectivity index (χ4v) is 3.05. The van der Waals surface area contributed by atoms with Crippen LogP contribution in [0.15, 0.2) is 23.2 Å². The van der Waals surface area contributed by atoms with Crippen LogP contribution in [0.4, 0.5) is 5.69 Å². The first kappa shape index (κ1) is 17.8. The minimum absolute atomic E-state index is 0. The van der Waals surface area contributed by atoms with Gasteiger partial charge in [0.25, 0.3) is 0 Å². The van der Waals surface area contributed by atoms with Crippen molar-refractivity contribution in [2.24, 2.45) is 17.8 Å². The summed E-state index contributed by atoms with van der Waals surface area (Å²) in [6.07, 6.45) is 3.61. The van der Waals surface area contributed by atoms with Crippen LogP contribution in [0.1, 0.15) is 34.5 Å². The quantitative estimate of drug-likeness (QED) is 0.451. The third-order valence-electron chi connectivity index (χ3n) is 4.44. The molecule has 3 N–H and O–H groups in total. The van der Waals surface area contributed by atoms with Crippen molar-refractivity contribution in [1.82, 2.24) is 9.78 Å². The first-order valence-electron chi connectivity index (χ1n) is 7.72. The Kier molecular flexibility index (Phi) is 5.67. The van der Waals surface area contributed by atoms with Crippen molar-refractivity contribution in [2.75, 3.05) is 5.32 Å². The van der Waals surface area contributed by atoms with Crippen LogP contribution >= 0.6 is 24.0 Å². The highest BCUT2D eigenvalue weighted by Gasteiger charge is 2.11. The second-order valence-corrected chi connectivity index (χ2v) is 5.94. The molecule has 0 radical (unpaired) electrons. The molecule has 0 bridgehead atoms. The summed E-state index contributed by atoms with van der Waals surface area (Å²) in [5.41, 5.74) is 13.2. The largest absolute Gasteiger partial charge is 0.370 e. The number of aryl methyl sites for hydroxylation is 4. The van der Waals surface area contributed by atoms with Gasteiger partial charge in [-0.1, -0.05) is 6.07 Å². The van der Waals surface area contributed by atoms with Crippen molar-refractivity contribution >= 4 is 35.6 Å². The Morgan fingerprint density at radius 3 is 2.74 bits per heavy atom. The van der Waals surface area contributed by atoms with Gasteiger partial charge in [0.15, 0.2) is 5.96 Å². The molecule has 0 saturated heterocycles. The van der Waals surface area contributed by atoms with Crippen molar-refractivity contribution in [3.63, 3.8) is 0 Å². The lowest BCUT2D eigenvalue weighted by Gasteiger charge is -2.08. The van der Waals surface area contributed by atoms with Gasteiger partial charge in [-0.2, -0.15) is 5.10 Å². The molecule has 5 nitrogen and oxygen atoms in total. The van der Waals surface area contributed by atoms with E-state index in [0.29, 0.717) is 12.5 Å². The number of aromatic nitrogens is 2. The molecule has 1 heterocycles. The highest BCUT2D eigenvalue weighted by atomic mass is 127. The van der Waals surface area contributed by atoms with Crippen molar-refractivity contribution in [3.05, 3.63) is 46.3 Å². The zero-order valence-corrected chi connectivity index (χ0v) is 16.2. The maximum absolute atomic E-state index is 6.02. The van der Waals surface area contributed by atoms with Gasteiger partial charge in [0, 0.05) is 24.0 Å². The van der Waals surface area contributed by atoms with E-state index < -0.39 is 0 Å². The van der Waals surface area contributed by atoms with E-state index in [-0.39, 0.29) is 24.0 Å². The van der Waals surface area contributed by atoms with E-state index >= 15 is 0 Å². The topological polar surface area (TPSA) is 68.2 Å². The highest BCUT2D eigenvalue weighted by Crippen LogP contribution is 2.24. The number of nitrogens with zero attached hydrogens (tertiary/aromatic N) is 3. The second kappa shape index (κ2) is 7.33. The van der Waals surface area contributed by atoms with Gasteiger partial charge in [0.05, 0.1) is 12.2 Å². The molecule has 0 spiro atoms. The summed E-state index contributed by atoms with van der Waals surface area (Å²) in [7, 11) is 1.95. The Morgan fingerprint density at radius 2 is 2.04 bits per heavy atom. The van der Waals surface area contributed by atoms with Gasteiger partial charge in [-0.25, -0.2) is 4.99 Å². The van der Waals surface area contributed by atoms with Gasteiger partial charge in [-0.05, 0) is 56.4 Å². The summed E-state index contributed by atoms with van der Waals surface area (Å²) in [6, 6.07) is 6.45. The average Bonchev–Trinajstić information content (AvgIpc) is 3.02. The molecule has 124 valence electrons. The fourth-order valence-electron chi connectivity index (χ4n) is 3.05. The van der Waals surface area contributed by atoms with E-state index in [9.17, 15) is 0 Å². The summed E-state index contributed by atoms with van der Waals surface area (Å²) in [4.78, 5) is 4.45. The summed E-state index contributed by atoms with van der Waals surface area (Å²) in [6.45, 7) is 4.60. The van der Waals surface area contributed by atoms with Crippen LogP contribution in [-0.4, -0.2) is 15.7 Å². The molecular formula is C17H24IN5. The van der Waals surface area contributed by atoms with Crippen LogP contribution in [0.3, 0.4) is 0 Å². The zero-order valence-electron chi connectivity index (χ0n) is 13.9. The number of anilines is 1. The number of aliphatic imine (C=N–C) groups is 1. The summed E-state index contributed by atoms with van der Waals surface area (Å²) < 4.78 is 1.88. The van der Waals surface area contributed by atoms with E-state index in [4.69, 9.17) is 5.73 Å². The Hall–Kier alpha value is -1.57. The minimum Gasteiger partial charge on any atom is -0.370 e. The number of nitrogens with one attached hydrogen (secondary N) is 1. The van der Waals surface area contributed by atoms with Crippen molar-refractivity contribution in [2.45, 2.75) is 39.7 Å². The number of benzene rings is 1. The van der Waals surface area contributed by atoms with E-state index in [1.165, 1.54) is 24.0 Å². The SMILES string of the molecule is Cc1nn(C)c(C)c1CN=C(N)Nc1ccc2c(c1)CCC2.I. The number of nitrogens with two attached hydrogens (primary N) is 1. The Bertz CT molecular complexity index is 733. The molecule has 0 fully saturated rings. The number of fused-ring (bicyclic) bond motifs is 1. The standard InChI is InChI=1S/C17H23N5.HI/c1-11-16(12(2)22(3)21-11)10-19-17(18)20-15-8-7-13-5-4-6-14(13)9-15;/h7-9H,4-6,10H2,1-3H3,(H3,18,19,20);1H. The first-order chi connectivity index (χ1) is 10.5. The van der Waals surface area contributed by atoms with E-state index in [0.717, 1.165) is 29.1 Å². The van der Waals surface area contributed by atoms with Crippen molar-refractivity contribution in [1.29, 1.82) is 0 Å². The third-order valence-corrected chi connectivity index (χ3v) is 4.44. The average molecular weight is 425 g/mol. The van der Waals surface area contributed by atoms with Crippen LogP contribution in [0.5, 0.6) is 0 Å². The molecule has 1 aromatic carbocycles. The van der Waals surface area contributed by atoms with E-state index in [2.05, 4.69) is 40.5 Å². The fraction of sp³-hybridized carbons (Fsp3) is 0.412. The molecule has 1 aliphatic rings. The highest BCUT2D eigenvalue weighted by molar-refractivity contribution is 14.0. The van der Waals surface area contributed by atoms with Crippen LogP contribution in [0, 0.1) is 13.8 Å². The smallest absolute Gasteiger partial charge is 0.193 e. The monoisotopic (exact) mass is 425 g/mol. The molecule has 0 amide bonds. The van der Waals surface area contributed by atoms with Crippen LogP contribution < -0.4 is 11.1 Å². The Morgan fingerprint density at radius 1 is 1.30 bits per heavy atom. The lowest BCUT2D eigenvalue weighted by atomic mass is 10.1. The molecule has 0 atom stereocenters. The van der Waals surface area contributed by atoms with Crippen molar-refractivity contribution < 1.29 is 0 Å². The molecule has 2 aromatic rings. The molecule has 0 aliphatic heterocycles. The first-order valence-corrected chi connectivity index (χ1v) is 7.72. The van der Waals surface area contributed by atoms with Crippen LogP contribution in [-0.2, 0) is 26.4 Å². The summed E-state index contributed by atoms with van der Waals surface area (Å²) >= 11 is 0. The molecule has 1 aromatic heterocycles. The molecule has 6 heteroatoms. The maximum Gasteiger partial charge on any atom is 0.193 e. The molecule has 0 unspecified atom stereocenters. The maximum atomic E-state index is 6.02. The zero-order chi connectivity index (χ0) is 15.7. The van der Waals surface area contributed by atoms with Crippen LogP contribution in [0.2, 0.25) is 0 Å². The Balaban J connectivity index is 0.00000192. The van der Waals surface area contributed by atoms with Gasteiger partial charge in [0.1, 0.15) is 0 Å². The third kappa shape index (κ3) is 3.85. The predicted molar refractivity (Wildman–Crippen MR) is 106 cm³/mol. The van der Waals surface area contributed by atoms with Crippen LogP contribution in [0.25, 0.3) is 0 Å². The molecular weight excluding hydrogens is 401 g/mol. The second-order valence-electron chi connectivity index (χ2n) is 5.94. The normalized spacial score (nSPS) is 13.6. The van der Waals surface area contributed by atoms with Gasteiger partial charge < -0.3 is 11.1 Å². The summed E-state index contributed by atoms with van der Waals surface area (Å²) in [5, 5.41) is 7.59.